The molecule has 0 saturated carbocycles. The maximum Gasteiger partial charge on any atom is 0.321 e. The van der Waals surface area contributed by atoms with Crippen LogP contribution in [0.5, 0.6) is 5.75 Å². The number of hydrogen-bond acceptors (Lipinski definition) is 4. The lowest BCUT2D eigenvalue weighted by molar-refractivity contribution is 0.234. The van der Waals surface area contributed by atoms with E-state index >= 15 is 0 Å². The normalized spacial score (nSPS) is 11.0. The summed E-state index contributed by atoms with van der Waals surface area (Å²) in [7, 11) is -3.77. The molecule has 0 heterocycles. The average molecular weight is 390 g/mol. The Morgan fingerprint density at radius 2 is 1.79 bits per heavy atom. The van der Waals surface area contributed by atoms with Crippen molar-refractivity contribution in [3.05, 3.63) is 52.5 Å². The Balaban J connectivity index is 1.85. The van der Waals surface area contributed by atoms with E-state index < -0.39 is 16.1 Å². The first-order valence-corrected chi connectivity index (χ1v) is 8.81. The van der Waals surface area contributed by atoms with E-state index in [9.17, 15) is 13.2 Å². The summed E-state index contributed by atoms with van der Waals surface area (Å²) < 4.78 is 27.6. The zero-order chi connectivity index (χ0) is 17.7. The Hall–Kier alpha value is -2.00. The highest BCUT2D eigenvalue weighted by Crippen LogP contribution is 2.27. The molecule has 2 aromatic rings. The van der Waals surface area contributed by atoms with Crippen LogP contribution in [0.4, 0.5) is 10.5 Å². The Bertz CT molecular complexity index is 842. The fraction of sp³-hybridized carbons (Fsp3) is 0.0714. The minimum atomic E-state index is -3.77. The van der Waals surface area contributed by atoms with Gasteiger partial charge in [-0.2, -0.15) is 0 Å². The van der Waals surface area contributed by atoms with Crippen molar-refractivity contribution in [2.75, 3.05) is 12.0 Å². The summed E-state index contributed by atoms with van der Waals surface area (Å²) in [5.41, 5.74) is 0.393. The summed E-state index contributed by atoms with van der Waals surface area (Å²) in [4.78, 5) is 11.7. The summed E-state index contributed by atoms with van der Waals surface area (Å²) in [6, 6.07) is 9.57. The van der Waals surface area contributed by atoms with E-state index in [-0.39, 0.29) is 11.6 Å². The first kappa shape index (κ1) is 18.3. The Labute approximate surface area is 148 Å². The van der Waals surface area contributed by atoms with Crippen molar-refractivity contribution in [1.82, 2.24) is 5.32 Å². The molecule has 2 amide bonds. The van der Waals surface area contributed by atoms with Gasteiger partial charge in [0.1, 0.15) is 5.75 Å². The minimum absolute atomic E-state index is 0.0471. The number of nitrogens with two attached hydrogens (primary N) is 1. The van der Waals surface area contributed by atoms with Crippen LogP contribution in [0.3, 0.4) is 0 Å². The molecule has 10 heteroatoms. The van der Waals surface area contributed by atoms with Crippen molar-refractivity contribution in [2.45, 2.75) is 4.90 Å². The van der Waals surface area contributed by atoms with E-state index in [2.05, 4.69) is 10.6 Å². The smallest absolute Gasteiger partial charge is 0.321 e. The van der Waals surface area contributed by atoms with Crippen LogP contribution in [0.15, 0.2) is 47.4 Å². The fourth-order valence-electron chi connectivity index (χ4n) is 1.67. The maximum atomic E-state index is 11.7. The first-order chi connectivity index (χ1) is 11.3. The van der Waals surface area contributed by atoms with Gasteiger partial charge in [0, 0.05) is 10.7 Å². The van der Waals surface area contributed by atoms with Gasteiger partial charge in [0.2, 0.25) is 10.0 Å². The minimum Gasteiger partial charge on any atom is -0.472 e. The molecular formula is C14H13Cl2N3O4S. The van der Waals surface area contributed by atoms with Gasteiger partial charge >= 0.3 is 6.03 Å². The fourth-order valence-corrected chi connectivity index (χ4v) is 2.65. The van der Waals surface area contributed by atoms with Crippen LogP contribution in [0.2, 0.25) is 10.0 Å². The van der Waals surface area contributed by atoms with Crippen molar-refractivity contribution in [3.63, 3.8) is 0 Å². The number of ether oxygens (including phenoxy) is 1. The highest BCUT2D eigenvalue weighted by Gasteiger charge is 2.08. The largest absolute Gasteiger partial charge is 0.472 e. The number of halogens is 2. The molecule has 0 bridgehead atoms. The summed E-state index contributed by atoms with van der Waals surface area (Å²) >= 11 is 11.7. The van der Waals surface area contributed by atoms with E-state index in [0.29, 0.717) is 21.5 Å². The van der Waals surface area contributed by atoms with Gasteiger partial charge in [0.05, 0.1) is 9.92 Å². The van der Waals surface area contributed by atoms with E-state index in [1.54, 1.807) is 12.1 Å². The van der Waals surface area contributed by atoms with Gasteiger partial charge in [-0.25, -0.2) is 18.4 Å². The molecule has 0 fully saturated rings. The molecule has 0 radical (unpaired) electrons. The van der Waals surface area contributed by atoms with E-state index in [0.717, 1.165) is 0 Å². The van der Waals surface area contributed by atoms with E-state index in [1.807, 2.05) is 0 Å². The van der Waals surface area contributed by atoms with Gasteiger partial charge in [-0.05, 0) is 42.5 Å². The van der Waals surface area contributed by atoms with Gasteiger partial charge in [-0.1, -0.05) is 23.2 Å². The standard InChI is InChI=1S/C14H13Cl2N3O4S/c15-9-1-6-13(12(16)7-9)23-8-18-14(20)19-10-2-4-11(5-3-10)24(17,21)22/h1-7H,8H2,(H2,17,21,22)(H2,18,19,20). The highest BCUT2D eigenvalue weighted by atomic mass is 35.5. The Morgan fingerprint density at radius 3 is 2.38 bits per heavy atom. The lowest BCUT2D eigenvalue weighted by Gasteiger charge is -2.10. The molecule has 0 aliphatic heterocycles. The average Bonchev–Trinajstić information content (AvgIpc) is 2.49. The summed E-state index contributed by atoms with van der Waals surface area (Å²) in [6.07, 6.45) is 0. The summed E-state index contributed by atoms with van der Waals surface area (Å²) in [5, 5.41) is 10.8. The van der Waals surface area contributed by atoms with Crippen molar-refractivity contribution in [2.24, 2.45) is 5.14 Å². The monoisotopic (exact) mass is 389 g/mol. The number of primary sulfonamides is 1. The Kier molecular flexibility index (Phi) is 5.89. The van der Waals surface area contributed by atoms with Gasteiger partial charge in [-0.3, -0.25) is 0 Å². The second-order valence-electron chi connectivity index (χ2n) is 4.56. The molecule has 0 aromatic heterocycles. The molecule has 2 aromatic carbocycles. The van der Waals surface area contributed by atoms with Crippen LogP contribution in [0.25, 0.3) is 0 Å². The lowest BCUT2D eigenvalue weighted by atomic mass is 10.3. The third-order valence-corrected chi connectivity index (χ3v) is 4.25. The number of urea groups is 1. The predicted molar refractivity (Wildman–Crippen MR) is 91.9 cm³/mol. The molecule has 0 atom stereocenters. The van der Waals surface area contributed by atoms with Crippen LogP contribution < -0.4 is 20.5 Å². The van der Waals surface area contributed by atoms with Crippen LogP contribution in [0.1, 0.15) is 0 Å². The molecule has 0 unspecified atom stereocenters. The number of rotatable bonds is 5. The third kappa shape index (κ3) is 5.27. The van der Waals surface area contributed by atoms with Crippen LogP contribution in [-0.4, -0.2) is 21.2 Å². The molecule has 2 rings (SSSR count). The van der Waals surface area contributed by atoms with Crippen molar-refractivity contribution >= 4 is 44.9 Å². The number of carbonyl (C=O) groups is 1. The van der Waals surface area contributed by atoms with Crippen molar-refractivity contribution in [1.29, 1.82) is 0 Å². The highest BCUT2D eigenvalue weighted by molar-refractivity contribution is 7.89. The van der Waals surface area contributed by atoms with Crippen LogP contribution >= 0.6 is 23.2 Å². The number of benzene rings is 2. The Morgan fingerprint density at radius 1 is 1.12 bits per heavy atom. The summed E-state index contributed by atoms with van der Waals surface area (Å²) in [6.45, 7) is -0.123. The van der Waals surface area contributed by atoms with Crippen LogP contribution in [0, 0.1) is 0 Å². The molecule has 4 N–H and O–H groups in total. The second-order valence-corrected chi connectivity index (χ2v) is 6.97. The van der Waals surface area contributed by atoms with Gasteiger partial charge in [0.15, 0.2) is 6.73 Å². The number of anilines is 1. The van der Waals surface area contributed by atoms with Gasteiger partial charge < -0.3 is 15.4 Å². The zero-order valence-electron chi connectivity index (χ0n) is 12.1. The topological polar surface area (TPSA) is 111 Å². The molecule has 0 spiro atoms. The number of nitrogens with one attached hydrogen (secondary N) is 2. The number of carbonyl (C=O) groups excluding carboxylic acids is 1. The van der Waals surface area contributed by atoms with Gasteiger partial charge in [0.25, 0.3) is 0 Å². The first-order valence-electron chi connectivity index (χ1n) is 6.51. The number of sulfonamides is 1. The molecule has 0 aliphatic carbocycles. The molecule has 7 nitrogen and oxygen atoms in total. The maximum absolute atomic E-state index is 11.7. The number of hydrogen-bond donors (Lipinski definition) is 3. The number of amides is 2. The lowest BCUT2D eigenvalue weighted by Crippen LogP contribution is -2.32. The summed E-state index contributed by atoms with van der Waals surface area (Å²) in [5.74, 6) is 0.374. The quantitative estimate of drug-likeness (QED) is 0.682. The molecule has 0 aliphatic rings. The van der Waals surface area contributed by atoms with Gasteiger partial charge in [-0.15, -0.1) is 0 Å². The SMILES string of the molecule is NS(=O)(=O)c1ccc(NC(=O)NCOc2ccc(Cl)cc2Cl)cc1. The van der Waals surface area contributed by atoms with Crippen LogP contribution in [-0.2, 0) is 10.0 Å². The second kappa shape index (κ2) is 7.71. The molecule has 0 saturated heterocycles. The third-order valence-electron chi connectivity index (χ3n) is 2.80. The van der Waals surface area contributed by atoms with Crippen molar-refractivity contribution < 1.29 is 17.9 Å². The predicted octanol–water partition coefficient (Wildman–Crippen LogP) is 2.80. The van der Waals surface area contributed by atoms with E-state index in [4.69, 9.17) is 33.1 Å². The van der Waals surface area contributed by atoms with E-state index in [1.165, 1.54) is 30.3 Å². The van der Waals surface area contributed by atoms with Crippen molar-refractivity contribution in [3.8, 4) is 5.75 Å². The molecule has 128 valence electrons. The zero-order valence-corrected chi connectivity index (χ0v) is 14.5. The molecule has 24 heavy (non-hydrogen) atoms. The molecular weight excluding hydrogens is 377 g/mol.